The lowest BCUT2D eigenvalue weighted by Gasteiger charge is -2.34. The van der Waals surface area contributed by atoms with Gasteiger partial charge in [0.2, 0.25) is 5.91 Å². The van der Waals surface area contributed by atoms with Crippen LogP contribution in [0.2, 0.25) is 5.02 Å². The standard InChI is InChI=1S/C24H27ClN4O.ClH/c1-15(2)21(26)24(30)29-13-11-17(12-14-29)23-20-6-4-3-5-19(20)22(27-28-23)16-7-9-18(25)10-8-16;/h3-10,15,17,21H,11-14,26H2,1-2H3;1H. The van der Waals surface area contributed by atoms with E-state index in [0.29, 0.717) is 18.1 Å². The Bertz CT molecular complexity index is 1050. The fourth-order valence-electron chi connectivity index (χ4n) is 4.12. The molecule has 5 nitrogen and oxygen atoms in total. The van der Waals surface area contributed by atoms with Crippen LogP contribution in [0.1, 0.15) is 38.3 Å². The monoisotopic (exact) mass is 458 g/mol. The number of hydrogen-bond donors (Lipinski definition) is 1. The van der Waals surface area contributed by atoms with Crippen LogP contribution in [-0.2, 0) is 4.79 Å². The van der Waals surface area contributed by atoms with Crippen molar-refractivity contribution < 1.29 is 4.79 Å². The first kappa shape index (κ1) is 23.5. The number of fused-ring (bicyclic) bond motifs is 1. The Hall–Kier alpha value is -2.21. The average Bonchev–Trinajstić information content (AvgIpc) is 2.78. The van der Waals surface area contributed by atoms with Gasteiger partial charge in [-0.05, 0) is 30.9 Å². The molecule has 3 aromatic rings. The summed E-state index contributed by atoms with van der Waals surface area (Å²) in [6.07, 6.45) is 1.74. The van der Waals surface area contributed by atoms with Gasteiger partial charge in [-0.2, -0.15) is 5.10 Å². The van der Waals surface area contributed by atoms with Crippen molar-refractivity contribution in [3.05, 3.63) is 59.2 Å². The van der Waals surface area contributed by atoms with Crippen LogP contribution in [0.5, 0.6) is 0 Å². The fraction of sp³-hybridized carbons (Fsp3) is 0.375. The number of amides is 1. The van der Waals surface area contributed by atoms with E-state index in [1.165, 1.54) is 0 Å². The molecular weight excluding hydrogens is 431 g/mol. The summed E-state index contributed by atoms with van der Waals surface area (Å²) in [5.74, 6) is 0.476. The van der Waals surface area contributed by atoms with Gasteiger partial charge in [0, 0.05) is 40.4 Å². The molecule has 1 amide bonds. The molecule has 0 saturated carbocycles. The first-order valence-corrected chi connectivity index (χ1v) is 10.9. The Morgan fingerprint density at radius 1 is 1.03 bits per heavy atom. The minimum Gasteiger partial charge on any atom is -0.341 e. The number of aromatic nitrogens is 2. The highest BCUT2D eigenvalue weighted by molar-refractivity contribution is 6.30. The number of piperidine rings is 1. The predicted molar refractivity (Wildman–Crippen MR) is 129 cm³/mol. The second kappa shape index (κ2) is 9.94. The van der Waals surface area contributed by atoms with E-state index in [-0.39, 0.29) is 30.2 Å². The number of rotatable bonds is 4. The molecule has 2 heterocycles. The first-order chi connectivity index (χ1) is 14.5. The fourth-order valence-corrected chi connectivity index (χ4v) is 4.24. The summed E-state index contributed by atoms with van der Waals surface area (Å²) in [7, 11) is 0. The van der Waals surface area contributed by atoms with Crippen molar-refractivity contribution in [3.63, 3.8) is 0 Å². The summed E-state index contributed by atoms with van der Waals surface area (Å²) in [6.45, 7) is 5.39. The highest BCUT2D eigenvalue weighted by atomic mass is 35.5. The Kier molecular flexibility index (Phi) is 7.52. The van der Waals surface area contributed by atoms with Gasteiger partial charge in [0.1, 0.15) is 5.69 Å². The molecule has 2 N–H and O–H groups in total. The first-order valence-electron chi connectivity index (χ1n) is 10.5. The van der Waals surface area contributed by atoms with Crippen molar-refractivity contribution in [1.82, 2.24) is 15.1 Å². The number of nitrogens with two attached hydrogens (primary N) is 1. The topological polar surface area (TPSA) is 72.1 Å². The van der Waals surface area contributed by atoms with Gasteiger partial charge in [-0.1, -0.05) is 61.8 Å². The molecule has 1 aromatic heterocycles. The molecule has 31 heavy (non-hydrogen) atoms. The van der Waals surface area contributed by atoms with E-state index in [9.17, 15) is 4.79 Å². The van der Waals surface area contributed by atoms with Gasteiger partial charge >= 0.3 is 0 Å². The lowest BCUT2D eigenvalue weighted by atomic mass is 9.89. The van der Waals surface area contributed by atoms with E-state index in [1.54, 1.807) is 0 Å². The molecule has 1 fully saturated rings. The van der Waals surface area contributed by atoms with Crippen LogP contribution in [0, 0.1) is 5.92 Å². The van der Waals surface area contributed by atoms with Crippen LogP contribution in [0.25, 0.3) is 22.0 Å². The lowest BCUT2D eigenvalue weighted by molar-refractivity contribution is -0.134. The molecule has 164 valence electrons. The third-order valence-corrected chi connectivity index (χ3v) is 6.28. The maximum Gasteiger partial charge on any atom is 0.239 e. The summed E-state index contributed by atoms with van der Waals surface area (Å²) < 4.78 is 0. The van der Waals surface area contributed by atoms with E-state index < -0.39 is 6.04 Å². The zero-order valence-corrected chi connectivity index (χ0v) is 19.4. The normalized spacial score (nSPS) is 15.7. The van der Waals surface area contributed by atoms with Gasteiger partial charge in [0.15, 0.2) is 0 Å². The number of likely N-dealkylation sites (tertiary alicyclic amines) is 1. The number of carbonyl (C=O) groups excluding carboxylic acids is 1. The molecule has 1 saturated heterocycles. The Morgan fingerprint density at radius 3 is 2.26 bits per heavy atom. The zero-order valence-electron chi connectivity index (χ0n) is 17.8. The number of halogens is 2. The average molecular weight is 459 g/mol. The zero-order chi connectivity index (χ0) is 21.3. The molecular formula is C24H28Cl2N4O. The number of hydrogen-bond acceptors (Lipinski definition) is 4. The molecule has 0 bridgehead atoms. The SMILES string of the molecule is CC(C)C(N)C(=O)N1CCC(c2nnc(-c3ccc(Cl)cc3)c3ccccc23)CC1.Cl. The van der Waals surface area contributed by atoms with Gasteiger partial charge in [-0.15, -0.1) is 17.5 Å². The van der Waals surface area contributed by atoms with Gasteiger partial charge < -0.3 is 10.6 Å². The number of benzene rings is 2. The Labute approximate surface area is 194 Å². The van der Waals surface area contributed by atoms with Crippen molar-refractivity contribution in [2.45, 2.75) is 38.6 Å². The van der Waals surface area contributed by atoms with Crippen molar-refractivity contribution in [3.8, 4) is 11.3 Å². The van der Waals surface area contributed by atoms with Gasteiger partial charge in [0.25, 0.3) is 0 Å². The molecule has 1 unspecified atom stereocenters. The Morgan fingerprint density at radius 2 is 1.65 bits per heavy atom. The van der Waals surface area contributed by atoms with E-state index >= 15 is 0 Å². The molecule has 0 aliphatic carbocycles. The van der Waals surface area contributed by atoms with Crippen LogP contribution < -0.4 is 5.73 Å². The summed E-state index contributed by atoms with van der Waals surface area (Å²) >= 11 is 6.04. The van der Waals surface area contributed by atoms with Crippen molar-refractivity contribution in [2.24, 2.45) is 11.7 Å². The second-order valence-corrected chi connectivity index (χ2v) is 8.79. The third kappa shape index (κ3) is 4.84. The van der Waals surface area contributed by atoms with Crippen LogP contribution >= 0.6 is 24.0 Å². The van der Waals surface area contributed by atoms with Gasteiger partial charge in [-0.3, -0.25) is 4.79 Å². The summed E-state index contributed by atoms with van der Waals surface area (Å²) in [4.78, 5) is 14.5. The maximum atomic E-state index is 12.6. The highest BCUT2D eigenvalue weighted by Crippen LogP contribution is 2.35. The minimum absolute atomic E-state index is 0. The summed E-state index contributed by atoms with van der Waals surface area (Å²) in [6, 6.07) is 15.5. The van der Waals surface area contributed by atoms with Crippen LogP contribution in [0.15, 0.2) is 48.5 Å². The van der Waals surface area contributed by atoms with E-state index in [0.717, 1.165) is 40.6 Å². The van der Waals surface area contributed by atoms with Crippen molar-refractivity contribution in [1.29, 1.82) is 0 Å². The van der Waals surface area contributed by atoms with E-state index in [2.05, 4.69) is 22.3 Å². The van der Waals surface area contributed by atoms with E-state index in [4.69, 9.17) is 17.3 Å². The lowest BCUT2D eigenvalue weighted by Crippen LogP contribution is -2.49. The Balaban J connectivity index is 0.00000272. The molecule has 0 spiro atoms. The third-order valence-electron chi connectivity index (χ3n) is 6.03. The predicted octanol–water partition coefficient (Wildman–Crippen LogP) is 5.06. The summed E-state index contributed by atoms with van der Waals surface area (Å²) in [5, 5.41) is 12.2. The maximum absolute atomic E-state index is 12.6. The van der Waals surface area contributed by atoms with Crippen molar-refractivity contribution >= 4 is 40.7 Å². The quantitative estimate of drug-likeness (QED) is 0.592. The smallest absolute Gasteiger partial charge is 0.239 e. The molecule has 1 atom stereocenters. The number of nitrogens with zero attached hydrogens (tertiary/aromatic N) is 3. The number of carbonyl (C=O) groups is 1. The van der Waals surface area contributed by atoms with Crippen LogP contribution in [0.4, 0.5) is 0 Å². The molecule has 0 radical (unpaired) electrons. The van der Waals surface area contributed by atoms with Crippen LogP contribution in [-0.4, -0.2) is 40.1 Å². The molecule has 7 heteroatoms. The molecule has 4 rings (SSSR count). The molecule has 2 aromatic carbocycles. The largest absolute Gasteiger partial charge is 0.341 e. The van der Waals surface area contributed by atoms with E-state index in [1.807, 2.05) is 55.1 Å². The second-order valence-electron chi connectivity index (χ2n) is 8.36. The van der Waals surface area contributed by atoms with Crippen LogP contribution in [0.3, 0.4) is 0 Å². The highest BCUT2D eigenvalue weighted by Gasteiger charge is 2.30. The molecule has 1 aliphatic rings. The van der Waals surface area contributed by atoms with Gasteiger partial charge in [-0.25, -0.2) is 0 Å². The minimum atomic E-state index is -0.430. The summed E-state index contributed by atoms with van der Waals surface area (Å²) in [5.41, 5.74) is 8.95. The van der Waals surface area contributed by atoms with Gasteiger partial charge in [0.05, 0.1) is 11.7 Å². The molecule has 1 aliphatic heterocycles. The van der Waals surface area contributed by atoms with Crippen molar-refractivity contribution in [2.75, 3.05) is 13.1 Å².